The average molecular weight is 373 g/mol. The molecule has 0 spiro atoms. The molecule has 0 fully saturated rings. The Labute approximate surface area is 161 Å². The van der Waals surface area contributed by atoms with Crippen molar-refractivity contribution in [1.29, 1.82) is 0 Å². The van der Waals surface area contributed by atoms with E-state index in [9.17, 15) is 0 Å². The standard InChI is InChI=1S/C22H16N2S2/c1-3-9-17(10-4-1)25-21-15-7-13-19(23-21)20-14-8-16-22(24-20)26-18-11-5-2-6-12-18/h1-16H. The maximum absolute atomic E-state index is 4.78. The summed E-state index contributed by atoms with van der Waals surface area (Å²) in [5, 5.41) is 1.94. The van der Waals surface area contributed by atoms with E-state index in [0.29, 0.717) is 0 Å². The van der Waals surface area contributed by atoms with Crippen LogP contribution in [0, 0.1) is 0 Å². The van der Waals surface area contributed by atoms with Gasteiger partial charge in [-0.05, 0) is 48.5 Å². The SMILES string of the molecule is c1ccc(Sc2cccc(-c3cccc(Sc4ccccc4)n3)n2)cc1. The van der Waals surface area contributed by atoms with Crippen molar-refractivity contribution in [3.8, 4) is 11.4 Å². The minimum Gasteiger partial charge on any atom is -0.239 e. The molecule has 0 N–H and O–H groups in total. The van der Waals surface area contributed by atoms with Crippen molar-refractivity contribution in [3.05, 3.63) is 97.1 Å². The van der Waals surface area contributed by atoms with E-state index in [1.54, 1.807) is 23.5 Å². The normalized spacial score (nSPS) is 10.6. The molecule has 0 aliphatic heterocycles. The molecule has 2 nitrogen and oxygen atoms in total. The van der Waals surface area contributed by atoms with Crippen molar-refractivity contribution in [3.63, 3.8) is 0 Å². The van der Waals surface area contributed by atoms with Crippen molar-refractivity contribution in [1.82, 2.24) is 9.97 Å². The van der Waals surface area contributed by atoms with Gasteiger partial charge in [0.25, 0.3) is 0 Å². The third-order valence-electron chi connectivity index (χ3n) is 3.64. The zero-order chi connectivity index (χ0) is 17.6. The van der Waals surface area contributed by atoms with E-state index in [4.69, 9.17) is 9.97 Å². The van der Waals surface area contributed by atoms with E-state index in [1.807, 2.05) is 72.8 Å². The van der Waals surface area contributed by atoms with Crippen LogP contribution in [0.1, 0.15) is 0 Å². The second-order valence-electron chi connectivity index (χ2n) is 5.55. The van der Waals surface area contributed by atoms with Crippen molar-refractivity contribution in [2.75, 3.05) is 0 Å². The predicted octanol–water partition coefficient (Wildman–Crippen LogP) is 6.45. The van der Waals surface area contributed by atoms with Crippen LogP contribution in [-0.2, 0) is 0 Å². The minimum atomic E-state index is 0.890. The zero-order valence-corrected chi connectivity index (χ0v) is 15.6. The van der Waals surface area contributed by atoms with Crippen LogP contribution in [0.4, 0.5) is 0 Å². The first-order chi connectivity index (χ1) is 12.9. The number of pyridine rings is 2. The Bertz CT molecular complexity index is 906. The number of benzene rings is 2. The molecule has 126 valence electrons. The highest BCUT2D eigenvalue weighted by Crippen LogP contribution is 2.30. The number of nitrogens with zero attached hydrogens (tertiary/aromatic N) is 2. The lowest BCUT2D eigenvalue weighted by molar-refractivity contribution is 1.08. The quantitative estimate of drug-likeness (QED) is 0.402. The van der Waals surface area contributed by atoms with E-state index in [-0.39, 0.29) is 0 Å². The molecule has 0 radical (unpaired) electrons. The van der Waals surface area contributed by atoms with E-state index < -0.39 is 0 Å². The van der Waals surface area contributed by atoms with Crippen LogP contribution in [0.5, 0.6) is 0 Å². The fourth-order valence-corrected chi connectivity index (χ4v) is 4.10. The molecule has 0 aliphatic rings. The second-order valence-corrected chi connectivity index (χ2v) is 7.74. The lowest BCUT2D eigenvalue weighted by Gasteiger charge is -2.06. The van der Waals surface area contributed by atoms with Gasteiger partial charge < -0.3 is 0 Å². The zero-order valence-electron chi connectivity index (χ0n) is 13.9. The summed E-state index contributed by atoms with van der Waals surface area (Å²) in [6, 6.07) is 32.7. The third-order valence-corrected chi connectivity index (χ3v) is 5.53. The summed E-state index contributed by atoms with van der Waals surface area (Å²) < 4.78 is 0. The van der Waals surface area contributed by atoms with Crippen LogP contribution in [0.3, 0.4) is 0 Å². The fourth-order valence-electron chi connectivity index (χ4n) is 2.45. The molecule has 0 aliphatic carbocycles. The molecule has 0 atom stereocenters. The first kappa shape index (κ1) is 16.9. The highest BCUT2D eigenvalue weighted by atomic mass is 32.2. The summed E-state index contributed by atoms with van der Waals surface area (Å²) in [5.41, 5.74) is 1.78. The molecule has 0 saturated carbocycles. The topological polar surface area (TPSA) is 25.8 Å². The van der Waals surface area contributed by atoms with Crippen molar-refractivity contribution in [2.24, 2.45) is 0 Å². The van der Waals surface area contributed by atoms with Gasteiger partial charge >= 0.3 is 0 Å². The monoisotopic (exact) mass is 372 g/mol. The number of rotatable bonds is 5. The van der Waals surface area contributed by atoms with E-state index in [2.05, 4.69) is 24.3 Å². The first-order valence-corrected chi connectivity index (χ1v) is 9.90. The molecule has 2 heterocycles. The molecule has 4 rings (SSSR count). The van der Waals surface area contributed by atoms with Crippen molar-refractivity contribution < 1.29 is 0 Å². The van der Waals surface area contributed by atoms with Gasteiger partial charge in [-0.1, -0.05) is 72.1 Å². The molecule has 0 saturated heterocycles. The Kier molecular flexibility index (Phi) is 5.33. The number of hydrogen-bond donors (Lipinski definition) is 0. The van der Waals surface area contributed by atoms with Crippen LogP contribution in [-0.4, -0.2) is 9.97 Å². The van der Waals surface area contributed by atoms with Crippen LogP contribution >= 0.6 is 23.5 Å². The van der Waals surface area contributed by atoms with Gasteiger partial charge in [-0.15, -0.1) is 0 Å². The highest BCUT2D eigenvalue weighted by Gasteiger charge is 2.06. The summed E-state index contributed by atoms with van der Waals surface area (Å²) >= 11 is 3.32. The largest absolute Gasteiger partial charge is 0.239 e. The number of hydrogen-bond acceptors (Lipinski definition) is 4. The summed E-state index contributed by atoms with van der Waals surface area (Å²) in [6.07, 6.45) is 0. The van der Waals surface area contributed by atoms with E-state index >= 15 is 0 Å². The molecule has 4 aromatic rings. The van der Waals surface area contributed by atoms with Crippen molar-refractivity contribution in [2.45, 2.75) is 19.8 Å². The molecule has 0 bridgehead atoms. The summed E-state index contributed by atoms with van der Waals surface area (Å²) in [6.45, 7) is 0. The first-order valence-electron chi connectivity index (χ1n) is 8.27. The van der Waals surface area contributed by atoms with Gasteiger partial charge in [0.15, 0.2) is 0 Å². The summed E-state index contributed by atoms with van der Waals surface area (Å²) in [4.78, 5) is 11.9. The van der Waals surface area contributed by atoms with Crippen LogP contribution in [0.15, 0.2) is 117 Å². The molecule has 2 aromatic carbocycles. The Morgan fingerprint density at radius 2 is 0.846 bits per heavy atom. The Balaban J connectivity index is 1.57. The van der Waals surface area contributed by atoms with Gasteiger partial charge in [-0.3, -0.25) is 0 Å². The Hall–Kier alpha value is -2.56. The number of aromatic nitrogens is 2. The van der Waals surface area contributed by atoms with Crippen LogP contribution in [0.25, 0.3) is 11.4 Å². The molecule has 0 unspecified atom stereocenters. The van der Waals surface area contributed by atoms with Crippen LogP contribution < -0.4 is 0 Å². The van der Waals surface area contributed by atoms with Gasteiger partial charge in [0, 0.05) is 9.79 Å². The second kappa shape index (κ2) is 8.21. The minimum absolute atomic E-state index is 0.890. The lowest BCUT2D eigenvalue weighted by atomic mass is 10.2. The maximum Gasteiger partial charge on any atom is 0.102 e. The molecule has 0 amide bonds. The van der Waals surface area contributed by atoms with Gasteiger partial charge in [-0.2, -0.15) is 0 Å². The molecule has 26 heavy (non-hydrogen) atoms. The fraction of sp³-hybridized carbons (Fsp3) is 0. The molecular formula is C22H16N2S2. The van der Waals surface area contributed by atoms with E-state index in [0.717, 1.165) is 21.4 Å². The highest BCUT2D eigenvalue weighted by molar-refractivity contribution is 7.99. The van der Waals surface area contributed by atoms with Gasteiger partial charge in [0.2, 0.25) is 0 Å². The molecule has 2 aromatic heterocycles. The smallest absolute Gasteiger partial charge is 0.102 e. The Morgan fingerprint density at radius 3 is 1.27 bits per heavy atom. The summed E-state index contributed by atoms with van der Waals surface area (Å²) in [5.74, 6) is 0. The Morgan fingerprint density at radius 1 is 0.423 bits per heavy atom. The van der Waals surface area contributed by atoms with Gasteiger partial charge in [-0.25, -0.2) is 9.97 Å². The van der Waals surface area contributed by atoms with Crippen LogP contribution in [0.2, 0.25) is 0 Å². The molecular weight excluding hydrogens is 356 g/mol. The maximum atomic E-state index is 4.78. The average Bonchev–Trinajstić information content (AvgIpc) is 2.70. The van der Waals surface area contributed by atoms with E-state index in [1.165, 1.54) is 9.79 Å². The molecule has 4 heteroatoms. The predicted molar refractivity (Wildman–Crippen MR) is 109 cm³/mol. The lowest BCUT2D eigenvalue weighted by Crippen LogP contribution is -1.90. The summed E-state index contributed by atoms with van der Waals surface area (Å²) in [7, 11) is 0. The van der Waals surface area contributed by atoms with Gasteiger partial charge in [0.05, 0.1) is 11.4 Å². The van der Waals surface area contributed by atoms with Crippen molar-refractivity contribution >= 4 is 23.5 Å². The van der Waals surface area contributed by atoms with Gasteiger partial charge in [0.1, 0.15) is 10.1 Å². The third kappa shape index (κ3) is 4.34.